The van der Waals surface area contributed by atoms with Crippen LogP contribution in [0.2, 0.25) is 0 Å². The highest BCUT2D eigenvalue weighted by atomic mass is 32.2. The molecule has 1 fully saturated rings. The molecule has 2 N–H and O–H groups in total. The van der Waals surface area contributed by atoms with Crippen LogP contribution in [0.4, 0.5) is 0 Å². The van der Waals surface area contributed by atoms with Crippen LogP contribution < -0.4 is 5.73 Å². The quantitative estimate of drug-likeness (QED) is 0.691. The van der Waals surface area contributed by atoms with Crippen LogP contribution >= 0.6 is 0 Å². The lowest BCUT2D eigenvalue weighted by molar-refractivity contribution is 0.397. The largest absolute Gasteiger partial charge is 0.330 e. The van der Waals surface area contributed by atoms with Gasteiger partial charge in [0.1, 0.15) is 0 Å². The van der Waals surface area contributed by atoms with Gasteiger partial charge in [-0.25, -0.2) is 16.8 Å². The number of nitrogens with two attached hydrogens (primary N) is 1. The first-order chi connectivity index (χ1) is 7.33. The minimum Gasteiger partial charge on any atom is -0.330 e. The maximum atomic E-state index is 11.7. The summed E-state index contributed by atoms with van der Waals surface area (Å²) in [5.74, 6) is -0.0979. The molecule has 0 radical (unpaired) electrons. The molecule has 0 aliphatic carbocycles. The molecule has 1 unspecified atom stereocenters. The van der Waals surface area contributed by atoms with Crippen molar-refractivity contribution in [2.24, 2.45) is 5.73 Å². The molecule has 1 aliphatic heterocycles. The summed E-state index contributed by atoms with van der Waals surface area (Å²) in [7, 11) is -6.47. The third kappa shape index (κ3) is 2.93. The molecule has 6 nitrogen and oxygen atoms in total. The standard InChI is InChI=1S/C8H18N2O4S2/c1-2-16(13,14)10-5-6-15(11,12)8(7-10)3-4-9/h8H,2-7,9H2,1H3. The average Bonchev–Trinajstić information content (AvgIpc) is 2.21. The Balaban J connectivity index is 2.86. The fourth-order valence-corrected chi connectivity index (χ4v) is 4.78. The number of hydrogen-bond acceptors (Lipinski definition) is 5. The number of nitrogens with zero attached hydrogens (tertiary/aromatic N) is 1. The predicted octanol–water partition coefficient (Wildman–Crippen LogP) is -1.22. The molecule has 96 valence electrons. The lowest BCUT2D eigenvalue weighted by Gasteiger charge is -2.31. The third-order valence-electron chi connectivity index (χ3n) is 2.79. The van der Waals surface area contributed by atoms with E-state index in [2.05, 4.69) is 0 Å². The van der Waals surface area contributed by atoms with Gasteiger partial charge in [0.25, 0.3) is 0 Å². The van der Waals surface area contributed by atoms with E-state index in [9.17, 15) is 16.8 Å². The molecular formula is C8H18N2O4S2. The Bertz CT molecular complexity index is 407. The molecule has 1 saturated heterocycles. The number of sulfonamides is 1. The Kier molecular flexibility index (Phi) is 4.33. The molecule has 16 heavy (non-hydrogen) atoms. The molecule has 1 aliphatic rings. The zero-order valence-electron chi connectivity index (χ0n) is 9.29. The first kappa shape index (κ1) is 13.9. The fraction of sp³-hybridized carbons (Fsp3) is 1.00. The molecule has 0 amide bonds. The molecule has 0 aromatic carbocycles. The molecule has 1 rings (SSSR count). The highest BCUT2D eigenvalue weighted by molar-refractivity contribution is 7.92. The van der Waals surface area contributed by atoms with Gasteiger partial charge in [-0.05, 0) is 19.9 Å². The van der Waals surface area contributed by atoms with Gasteiger partial charge < -0.3 is 5.73 Å². The van der Waals surface area contributed by atoms with Crippen LogP contribution in [0.1, 0.15) is 13.3 Å². The fourth-order valence-electron chi connectivity index (χ4n) is 1.72. The lowest BCUT2D eigenvalue weighted by Crippen LogP contribution is -2.50. The molecular weight excluding hydrogens is 252 g/mol. The Morgan fingerprint density at radius 1 is 1.44 bits per heavy atom. The van der Waals surface area contributed by atoms with Crippen molar-refractivity contribution < 1.29 is 16.8 Å². The highest BCUT2D eigenvalue weighted by Crippen LogP contribution is 2.18. The second-order valence-corrected chi connectivity index (χ2v) is 8.48. The minimum absolute atomic E-state index is 0.00237. The van der Waals surface area contributed by atoms with Crippen molar-refractivity contribution >= 4 is 19.9 Å². The van der Waals surface area contributed by atoms with E-state index in [1.54, 1.807) is 6.92 Å². The molecule has 0 spiro atoms. The lowest BCUT2D eigenvalue weighted by atomic mass is 10.3. The van der Waals surface area contributed by atoms with E-state index in [4.69, 9.17) is 5.73 Å². The number of sulfone groups is 1. The van der Waals surface area contributed by atoms with Gasteiger partial charge in [0, 0.05) is 13.1 Å². The normalized spacial score (nSPS) is 26.8. The second kappa shape index (κ2) is 4.99. The summed E-state index contributed by atoms with van der Waals surface area (Å²) >= 11 is 0. The molecule has 1 heterocycles. The van der Waals surface area contributed by atoms with Crippen LogP contribution in [-0.2, 0) is 19.9 Å². The van der Waals surface area contributed by atoms with Crippen molar-refractivity contribution in [3.63, 3.8) is 0 Å². The Hall–Kier alpha value is -0.180. The summed E-state index contributed by atoms with van der Waals surface area (Å²) in [6.07, 6.45) is 0.318. The van der Waals surface area contributed by atoms with Gasteiger partial charge in [0.05, 0.1) is 16.8 Å². The van der Waals surface area contributed by atoms with Gasteiger partial charge in [-0.3, -0.25) is 0 Å². The first-order valence-electron chi connectivity index (χ1n) is 5.23. The van der Waals surface area contributed by atoms with Gasteiger partial charge in [-0.2, -0.15) is 4.31 Å². The molecule has 0 aromatic rings. The van der Waals surface area contributed by atoms with Crippen molar-refractivity contribution in [2.45, 2.75) is 18.6 Å². The van der Waals surface area contributed by atoms with Crippen LogP contribution in [0.15, 0.2) is 0 Å². The van der Waals surface area contributed by atoms with Crippen LogP contribution in [0.25, 0.3) is 0 Å². The van der Waals surface area contributed by atoms with Gasteiger partial charge in [-0.1, -0.05) is 0 Å². The summed E-state index contributed by atoms with van der Waals surface area (Å²) in [5.41, 5.74) is 5.34. The van der Waals surface area contributed by atoms with Crippen molar-refractivity contribution in [2.75, 3.05) is 31.1 Å². The summed E-state index contributed by atoms with van der Waals surface area (Å²) in [5, 5.41) is -0.646. The van der Waals surface area contributed by atoms with Crippen LogP contribution in [-0.4, -0.2) is 57.5 Å². The van der Waals surface area contributed by atoms with E-state index in [0.717, 1.165) is 0 Å². The van der Waals surface area contributed by atoms with Gasteiger partial charge in [0.2, 0.25) is 10.0 Å². The van der Waals surface area contributed by atoms with E-state index in [0.29, 0.717) is 6.42 Å². The Morgan fingerprint density at radius 3 is 2.56 bits per heavy atom. The van der Waals surface area contributed by atoms with E-state index >= 15 is 0 Å². The van der Waals surface area contributed by atoms with Crippen LogP contribution in [0.5, 0.6) is 0 Å². The van der Waals surface area contributed by atoms with E-state index < -0.39 is 25.1 Å². The van der Waals surface area contributed by atoms with Gasteiger partial charge in [0.15, 0.2) is 9.84 Å². The maximum absolute atomic E-state index is 11.7. The molecule has 0 aromatic heterocycles. The second-order valence-electron chi connectivity index (χ2n) is 3.82. The summed E-state index contributed by atoms with van der Waals surface area (Å²) in [6, 6.07) is 0. The highest BCUT2D eigenvalue weighted by Gasteiger charge is 2.36. The number of hydrogen-bond donors (Lipinski definition) is 1. The summed E-state index contributed by atoms with van der Waals surface area (Å²) in [6.45, 7) is 1.93. The topological polar surface area (TPSA) is 97.5 Å². The SMILES string of the molecule is CCS(=O)(=O)N1CCS(=O)(=O)C(CCN)C1. The average molecular weight is 270 g/mol. The predicted molar refractivity (Wildman–Crippen MR) is 62.3 cm³/mol. The molecule has 0 saturated carbocycles. The number of rotatable bonds is 4. The molecule has 0 bridgehead atoms. The first-order valence-corrected chi connectivity index (χ1v) is 8.55. The van der Waals surface area contributed by atoms with E-state index in [1.807, 2.05) is 0 Å². The molecule has 1 atom stereocenters. The third-order valence-corrected chi connectivity index (χ3v) is 6.79. The van der Waals surface area contributed by atoms with Crippen LogP contribution in [0.3, 0.4) is 0 Å². The zero-order chi connectivity index (χ0) is 12.4. The minimum atomic E-state index is -3.29. The van der Waals surface area contributed by atoms with Crippen LogP contribution in [0, 0.1) is 0 Å². The Labute approximate surface area is 96.8 Å². The summed E-state index contributed by atoms with van der Waals surface area (Å²) < 4.78 is 47.8. The zero-order valence-corrected chi connectivity index (χ0v) is 10.9. The van der Waals surface area contributed by atoms with E-state index in [-0.39, 0.29) is 31.1 Å². The van der Waals surface area contributed by atoms with E-state index in [1.165, 1.54) is 4.31 Å². The van der Waals surface area contributed by atoms with Crippen molar-refractivity contribution in [3.8, 4) is 0 Å². The van der Waals surface area contributed by atoms with Gasteiger partial charge >= 0.3 is 0 Å². The van der Waals surface area contributed by atoms with Crippen molar-refractivity contribution in [1.29, 1.82) is 0 Å². The maximum Gasteiger partial charge on any atom is 0.213 e. The van der Waals surface area contributed by atoms with Gasteiger partial charge in [-0.15, -0.1) is 0 Å². The molecule has 8 heteroatoms. The summed E-state index contributed by atoms with van der Waals surface area (Å²) in [4.78, 5) is 0. The Morgan fingerprint density at radius 2 is 2.06 bits per heavy atom. The van der Waals surface area contributed by atoms with Crippen molar-refractivity contribution in [1.82, 2.24) is 4.31 Å². The monoisotopic (exact) mass is 270 g/mol. The smallest absolute Gasteiger partial charge is 0.213 e. The van der Waals surface area contributed by atoms with Crippen molar-refractivity contribution in [3.05, 3.63) is 0 Å².